The van der Waals surface area contributed by atoms with Crippen molar-refractivity contribution in [3.8, 4) is 16.9 Å². The fourth-order valence-corrected chi connectivity index (χ4v) is 4.26. The zero-order chi connectivity index (χ0) is 21.4. The minimum absolute atomic E-state index is 0.587. The van der Waals surface area contributed by atoms with Crippen molar-refractivity contribution in [1.82, 2.24) is 9.55 Å². The Kier molecular flexibility index (Phi) is 4.87. The zero-order valence-electron chi connectivity index (χ0n) is 17.8. The van der Waals surface area contributed by atoms with Crippen LogP contribution in [0.25, 0.3) is 38.8 Å². The quantitative estimate of drug-likeness (QED) is 0.303. The molecule has 152 valence electrons. The van der Waals surface area contributed by atoms with Crippen molar-refractivity contribution in [2.24, 2.45) is 0 Å². The Labute approximate surface area is 182 Å². The summed E-state index contributed by atoms with van der Waals surface area (Å²) in [4.78, 5) is 15.3. The van der Waals surface area contributed by atoms with Gasteiger partial charge in [-0.05, 0) is 72.5 Å². The third-order valence-corrected chi connectivity index (χ3v) is 6.05. The molecule has 0 aliphatic carbocycles. The van der Waals surface area contributed by atoms with Crippen LogP contribution >= 0.6 is 0 Å². The van der Waals surface area contributed by atoms with Crippen molar-refractivity contribution in [2.75, 3.05) is 0 Å². The van der Waals surface area contributed by atoms with Crippen LogP contribution in [0.5, 0.6) is 0 Å². The first-order valence-electron chi connectivity index (χ1n) is 10.8. The lowest BCUT2D eigenvalue weighted by atomic mass is 10.1. The van der Waals surface area contributed by atoms with Crippen LogP contribution in [0, 0.1) is 0 Å². The smallest absolute Gasteiger partial charge is 0.151 e. The lowest BCUT2D eigenvalue weighted by Gasteiger charge is -2.10. The standard InChI is InChI=1S/C28H24N2O/c1-3-19-6-13-27-24(15-19)25-16-20(4-2)7-14-28(25)30(27)23-10-8-22(9-11-23)26-12-5-21(18-31)17-29-26/h5-18H,3-4H2,1-2H3. The number of pyridine rings is 1. The van der Waals surface area contributed by atoms with E-state index in [9.17, 15) is 4.79 Å². The molecule has 2 aromatic heterocycles. The average Bonchev–Trinajstić information content (AvgIpc) is 3.17. The van der Waals surface area contributed by atoms with Crippen molar-refractivity contribution >= 4 is 28.1 Å². The maximum Gasteiger partial charge on any atom is 0.151 e. The van der Waals surface area contributed by atoms with E-state index in [0.29, 0.717) is 5.56 Å². The van der Waals surface area contributed by atoms with E-state index >= 15 is 0 Å². The average molecular weight is 405 g/mol. The molecule has 0 N–H and O–H groups in total. The summed E-state index contributed by atoms with van der Waals surface area (Å²) >= 11 is 0. The normalized spacial score (nSPS) is 11.3. The van der Waals surface area contributed by atoms with Gasteiger partial charge in [-0.25, -0.2) is 0 Å². The van der Waals surface area contributed by atoms with Gasteiger partial charge in [-0.15, -0.1) is 0 Å². The Balaban J connectivity index is 1.67. The fourth-order valence-electron chi connectivity index (χ4n) is 4.26. The van der Waals surface area contributed by atoms with E-state index in [2.05, 4.69) is 84.1 Å². The molecule has 5 aromatic rings. The summed E-state index contributed by atoms with van der Waals surface area (Å²) in [6, 6.07) is 25.8. The first-order valence-corrected chi connectivity index (χ1v) is 10.8. The second-order valence-electron chi connectivity index (χ2n) is 7.89. The third-order valence-electron chi connectivity index (χ3n) is 6.05. The molecule has 31 heavy (non-hydrogen) atoms. The monoisotopic (exact) mass is 404 g/mol. The van der Waals surface area contributed by atoms with Gasteiger partial charge in [-0.2, -0.15) is 0 Å². The van der Waals surface area contributed by atoms with Crippen LogP contribution in [0.4, 0.5) is 0 Å². The summed E-state index contributed by atoms with van der Waals surface area (Å²) in [7, 11) is 0. The second-order valence-corrected chi connectivity index (χ2v) is 7.89. The highest BCUT2D eigenvalue weighted by molar-refractivity contribution is 6.09. The number of aryl methyl sites for hydroxylation is 2. The number of hydrogen-bond acceptors (Lipinski definition) is 2. The number of aromatic nitrogens is 2. The predicted molar refractivity (Wildman–Crippen MR) is 128 cm³/mol. The van der Waals surface area contributed by atoms with Crippen LogP contribution in [0.1, 0.15) is 35.3 Å². The van der Waals surface area contributed by atoms with Crippen LogP contribution in [-0.2, 0) is 12.8 Å². The molecule has 0 spiro atoms. The molecule has 0 amide bonds. The van der Waals surface area contributed by atoms with E-state index in [-0.39, 0.29) is 0 Å². The van der Waals surface area contributed by atoms with E-state index in [1.165, 1.54) is 32.9 Å². The minimum Gasteiger partial charge on any atom is -0.309 e. The number of rotatable bonds is 5. The van der Waals surface area contributed by atoms with Gasteiger partial charge in [0.15, 0.2) is 6.29 Å². The van der Waals surface area contributed by atoms with Crippen molar-refractivity contribution in [1.29, 1.82) is 0 Å². The maximum absolute atomic E-state index is 10.9. The van der Waals surface area contributed by atoms with Crippen LogP contribution in [0.2, 0.25) is 0 Å². The number of aldehydes is 1. The highest BCUT2D eigenvalue weighted by atomic mass is 16.1. The Morgan fingerprint density at radius 2 is 1.39 bits per heavy atom. The maximum atomic E-state index is 10.9. The molecule has 0 aliphatic rings. The summed E-state index contributed by atoms with van der Waals surface area (Å²) in [6.45, 7) is 4.40. The molecular weight excluding hydrogens is 380 g/mol. The molecule has 0 bridgehead atoms. The number of fused-ring (bicyclic) bond motifs is 3. The van der Waals surface area contributed by atoms with E-state index in [1.54, 1.807) is 12.3 Å². The number of hydrogen-bond donors (Lipinski definition) is 0. The van der Waals surface area contributed by atoms with Gasteiger partial charge >= 0.3 is 0 Å². The van der Waals surface area contributed by atoms with Crippen LogP contribution in [0.3, 0.4) is 0 Å². The highest BCUT2D eigenvalue weighted by Gasteiger charge is 2.13. The summed E-state index contributed by atoms with van der Waals surface area (Å²) < 4.78 is 2.34. The van der Waals surface area contributed by atoms with Crippen molar-refractivity contribution in [2.45, 2.75) is 26.7 Å². The van der Waals surface area contributed by atoms with Gasteiger partial charge in [0.2, 0.25) is 0 Å². The van der Waals surface area contributed by atoms with Gasteiger partial charge in [-0.3, -0.25) is 9.78 Å². The van der Waals surface area contributed by atoms with E-state index in [0.717, 1.165) is 36.1 Å². The molecule has 0 saturated carbocycles. The molecule has 0 radical (unpaired) electrons. The predicted octanol–water partition coefficient (Wildman–Crippen LogP) is 6.78. The van der Waals surface area contributed by atoms with Gasteiger partial charge in [0.05, 0.1) is 16.7 Å². The van der Waals surface area contributed by atoms with Crippen molar-refractivity contribution in [3.05, 3.63) is 95.7 Å². The van der Waals surface area contributed by atoms with Crippen LogP contribution in [-0.4, -0.2) is 15.8 Å². The molecule has 0 aliphatic heterocycles. The molecule has 0 unspecified atom stereocenters. The summed E-state index contributed by atoms with van der Waals surface area (Å²) in [5, 5.41) is 2.61. The number of carbonyl (C=O) groups is 1. The summed E-state index contributed by atoms with van der Waals surface area (Å²) in [5.41, 5.74) is 8.76. The lowest BCUT2D eigenvalue weighted by Crippen LogP contribution is -1.94. The molecule has 3 aromatic carbocycles. The van der Waals surface area contributed by atoms with Crippen LogP contribution < -0.4 is 0 Å². The molecule has 3 nitrogen and oxygen atoms in total. The summed E-state index contributed by atoms with van der Waals surface area (Å²) in [5.74, 6) is 0. The molecule has 0 fully saturated rings. The molecule has 3 heteroatoms. The fraction of sp³-hybridized carbons (Fsp3) is 0.143. The third kappa shape index (κ3) is 3.32. The van der Waals surface area contributed by atoms with E-state index in [1.807, 2.05) is 6.07 Å². The Hall–Kier alpha value is -3.72. The van der Waals surface area contributed by atoms with E-state index < -0.39 is 0 Å². The van der Waals surface area contributed by atoms with Crippen molar-refractivity contribution in [3.63, 3.8) is 0 Å². The Bertz CT molecular complexity index is 1330. The van der Waals surface area contributed by atoms with Gasteiger partial charge in [0.1, 0.15) is 0 Å². The minimum atomic E-state index is 0.587. The Morgan fingerprint density at radius 1 is 0.774 bits per heavy atom. The van der Waals surface area contributed by atoms with Gasteiger partial charge in [0.25, 0.3) is 0 Å². The zero-order valence-corrected chi connectivity index (χ0v) is 17.8. The largest absolute Gasteiger partial charge is 0.309 e. The molecular formula is C28H24N2O. The molecule has 0 saturated heterocycles. The van der Waals surface area contributed by atoms with Gasteiger partial charge in [-0.1, -0.05) is 38.1 Å². The molecule has 5 rings (SSSR count). The van der Waals surface area contributed by atoms with Gasteiger partial charge in [0, 0.05) is 33.8 Å². The first-order chi connectivity index (χ1) is 15.2. The van der Waals surface area contributed by atoms with Crippen molar-refractivity contribution < 1.29 is 4.79 Å². The first kappa shape index (κ1) is 19.3. The van der Waals surface area contributed by atoms with Crippen LogP contribution in [0.15, 0.2) is 79.0 Å². The number of benzene rings is 3. The highest BCUT2D eigenvalue weighted by Crippen LogP contribution is 2.34. The topological polar surface area (TPSA) is 34.9 Å². The summed E-state index contributed by atoms with van der Waals surface area (Å²) in [6.07, 6.45) is 4.48. The molecule has 2 heterocycles. The second kappa shape index (κ2) is 7.84. The molecule has 0 atom stereocenters. The Morgan fingerprint density at radius 3 is 1.87 bits per heavy atom. The SMILES string of the molecule is CCc1ccc2c(c1)c1cc(CC)ccc1n2-c1ccc(-c2ccc(C=O)cn2)cc1. The number of carbonyl (C=O) groups excluding carboxylic acids is 1. The van der Waals surface area contributed by atoms with E-state index in [4.69, 9.17) is 0 Å². The van der Waals surface area contributed by atoms with Gasteiger partial charge < -0.3 is 4.57 Å². The lowest BCUT2D eigenvalue weighted by molar-refractivity contribution is 0.112. The number of nitrogens with zero attached hydrogens (tertiary/aromatic N) is 2.